The van der Waals surface area contributed by atoms with Gasteiger partial charge >= 0.3 is 0 Å². The number of H-pyrrole nitrogens is 1. The number of carbonyl (C=O) groups is 5. The number of aliphatic hydroxyl groups excluding tert-OH is 1. The minimum atomic E-state index is -1.02. The Bertz CT molecular complexity index is 2840. The molecule has 0 saturated carbocycles. The number of likely N-dealkylation sites (tertiary alicyclic amines) is 1. The highest BCUT2D eigenvalue weighted by Gasteiger charge is 2.45. The molecule has 8 rings (SSSR count). The van der Waals surface area contributed by atoms with E-state index in [0.29, 0.717) is 63.3 Å². The second-order valence-corrected chi connectivity index (χ2v) is 24.3. The number of fused-ring (bicyclic) bond motifs is 1. The van der Waals surface area contributed by atoms with Gasteiger partial charge in [0.15, 0.2) is 0 Å². The molecule has 3 fully saturated rings. The van der Waals surface area contributed by atoms with Crippen molar-refractivity contribution in [3.63, 3.8) is 0 Å². The van der Waals surface area contributed by atoms with E-state index in [9.17, 15) is 29.1 Å². The average Bonchev–Trinajstić information content (AvgIpc) is 4.23. The van der Waals surface area contributed by atoms with Crippen molar-refractivity contribution < 1.29 is 29.1 Å². The molecule has 79 heavy (non-hydrogen) atoms. The predicted octanol–water partition coefficient (Wildman–Crippen LogP) is 7.61. The molecule has 0 spiro atoms. The quantitative estimate of drug-likeness (QED) is 0.0347. The summed E-state index contributed by atoms with van der Waals surface area (Å²) in [6.45, 7) is 14.4. The molecular formula is C59H81ClN12O6S. The fourth-order valence-corrected chi connectivity index (χ4v) is 12.1. The summed E-state index contributed by atoms with van der Waals surface area (Å²) in [5, 5.41) is 21.6. The molecule has 3 aliphatic rings. The second-order valence-electron chi connectivity index (χ2n) is 23.0. The molecule has 0 radical (unpaired) electrons. The van der Waals surface area contributed by atoms with Crippen LogP contribution in [-0.2, 0) is 24.0 Å². The lowest BCUT2D eigenvalue weighted by Gasteiger charge is -2.39. The number of β-amino-alcohol motifs (C(OH)–C–C–N with tert-alkyl or cyclic N) is 1. The summed E-state index contributed by atoms with van der Waals surface area (Å²) in [6, 6.07) is 15.2. The second kappa shape index (κ2) is 27.0. The predicted molar refractivity (Wildman–Crippen MR) is 310 cm³/mol. The number of anilines is 1. The number of aromatic nitrogens is 4. The van der Waals surface area contributed by atoms with E-state index in [2.05, 4.69) is 45.7 Å². The minimum absolute atomic E-state index is 0.0172. The molecule has 2 aromatic carbocycles. The maximum Gasteiger partial charge on any atom is 0.246 e. The van der Waals surface area contributed by atoms with Gasteiger partial charge in [-0.15, -0.1) is 11.3 Å². The van der Waals surface area contributed by atoms with Crippen molar-refractivity contribution in [2.75, 3.05) is 57.3 Å². The monoisotopic (exact) mass is 1120 g/mol. The van der Waals surface area contributed by atoms with Crippen LogP contribution in [0.2, 0.25) is 5.02 Å². The van der Waals surface area contributed by atoms with Gasteiger partial charge in [0.1, 0.15) is 29.9 Å². The highest BCUT2D eigenvalue weighted by atomic mass is 35.5. The van der Waals surface area contributed by atoms with Gasteiger partial charge in [0.05, 0.1) is 45.2 Å². The Morgan fingerprint density at radius 2 is 1.49 bits per heavy atom. The van der Waals surface area contributed by atoms with Gasteiger partial charge in [-0.1, -0.05) is 101 Å². The fourth-order valence-electron chi connectivity index (χ4n) is 11.2. The number of nitrogens with two attached hydrogens (primary N) is 1. The number of rotatable bonds is 23. The van der Waals surface area contributed by atoms with E-state index >= 15 is 0 Å². The number of aliphatic hydroxyl groups is 1. The number of halogens is 1. The van der Waals surface area contributed by atoms with Crippen molar-refractivity contribution in [3.8, 4) is 10.4 Å². The number of benzene rings is 2. The van der Waals surface area contributed by atoms with E-state index < -0.39 is 29.1 Å². The third-order valence-corrected chi connectivity index (χ3v) is 17.4. The summed E-state index contributed by atoms with van der Waals surface area (Å²) in [5.74, 6) is -0.0561. The summed E-state index contributed by atoms with van der Waals surface area (Å²) < 4.78 is 0. The number of piperazine rings is 1. The minimum Gasteiger partial charge on any atom is -0.391 e. The molecule has 18 nitrogen and oxygen atoms in total. The van der Waals surface area contributed by atoms with Crippen LogP contribution in [0.4, 0.5) is 5.82 Å². The molecule has 5 atom stereocenters. The van der Waals surface area contributed by atoms with Crippen molar-refractivity contribution in [3.05, 3.63) is 94.5 Å². The van der Waals surface area contributed by atoms with E-state index in [0.717, 1.165) is 102 Å². The Morgan fingerprint density at radius 3 is 2.15 bits per heavy atom. The van der Waals surface area contributed by atoms with Crippen LogP contribution in [0, 0.1) is 12.3 Å². The van der Waals surface area contributed by atoms with Gasteiger partial charge < -0.3 is 46.5 Å². The number of hydrogen-bond acceptors (Lipinski definition) is 13. The van der Waals surface area contributed by atoms with Crippen LogP contribution in [0.15, 0.2) is 72.6 Å². The molecule has 7 N–H and O–H groups in total. The largest absolute Gasteiger partial charge is 0.391 e. The van der Waals surface area contributed by atoms with Crippen LogP contribution in [0.3, 0.4) is 0 Å². The molecule has 426 valence electrons. The molecule has 20 heteroatoms. The zero-order valence-corrected chi connectivity index (χ0v) is 48.2. The zero-order chi connectivity index (χ0) is 56.3. The van der Waals surface area contributed by atoms with E-state index in [1.807, 2.05) is 106 Å². The summed E-state index contributed by atoms with van der Waals surface area (Å²) >= 11 is 7.84. The Morgan fingerprint density at radius 1 is 0.835 bits per heavy atom. The van der Waals surface area contributed by atoms with Gasteiger partial charge in [-0.25, -0.2) is 15.0 Å². The van der Waals surface area contributed by atoms with Crippen LogP contribution in [-0.4, -0.2) is 145 Å². The highest BCUT2D eigenvalue weighted by molar-refractivity contribution is 7.13. The summed E-state index contributed by atoms with van der Waals surface area (Å²) in [4.78, 5) is 93.7. The zero-order valence-electron chi connectivity index (χ0n) is 46.6. The molecular weight excluding hydrogens is 1040 g/mol. The average molecular weight is 1120 g/mol. The third-order valence-electron chi connectivity index (χ3n) is 16.1. The molecule has 0 bridgehead atoms. The normalized spacial score (nSPS) is 19.0. The Kier molecular flexibility index (Phi) is 20.2. The Labute approximate surface area is 474 Å². The maximum atomic E-state index is 14.2. The van der Waals surface area contributed by atoms with Gasteiger partial charge in [0.25, 0.3) is 0 Å². The molecule has 3 saturated heterocycles. The first-order valence-electron chi connectivity index (χ1n) is 28.3. The third kappa shape index (κ3) is 15.5. The number of aromatic amines is 1. The van der Waals surface area contributed by atoms with Gasteiger partial charge in [-0.2, -0.15) is 0 Å². The lowest BCUT2D eigenvalue weighted by molar-refractivity contribution is -0.144. The smallest absolute Gasteiger partial charge is 0.246 e. The standard InChI is InChI=1S/C59H81ClN12O6S/c1-39(41-15-17-43(18-16-41)51-40(2)65-38-79-51)66-55(76)48-35-45(73)36-72(48)56(77)52(58(3,4)5)68-49(74)13-11-9-7-6-8-10-12-14-50(75)70-33-31-69(32-34-70)28-24-47(42-19-21-44(60)22-20-42)67-57(78)59(61)25-29-71(30-26-59)54-46-23-27-62-53(46)63-37-64-54/h15-23,27,37-39,45,47-48,52,73H,6-14,24-26,28-36,61H2,1-5H3,(H,66,76)(H,67,78)(H,68,74)(H,62,63,64)/t39-,45+,47-,48-,52?/m0/s1. The van der Waals surface area contributed by atoms with Crippen molar-refractivity contribution >= 4 is 69.3 Å². The molecule has 6 heterocycles. The highest BCUT2D eigenvalue weighted by Crippen LogP contribution is 2.32. The number of thiazole rings is 1. The number of nitrogens with one attached hydrogen (secondary N) is 4. The maximum absolute atomic E-state index is 14.2. The van der Waals surface area contributed by atoms with Crippen molar-refractivity contribution in [2.45, 2.75) is 154 Å². The van der Waals surface area contributed by atoms with Crippen LogP contribution in [0.1, 0.15) is 140 Å². The number of hydrogen-bond donors (Lipinski definition) is 6. The number of carbonyl (C=O) groups excluding carboxylic acids is 5. The van der Waals surface area contributed by atoms with Crippen LogP contribution >= 0.6 is 22.9 Å². The number of unbranched alkanes of at least 4 members (excludes halogenated alkanes) is 6. The van der Waals surface area contributed by atoms with Gasteiger partial charge in [-0.05, 0) is 86.3 Å². The van der Waals surface area contributed by atoms with Gasteiger partial charge in [0, 0.05) is 82.8 Å². The van der Waals surface area contributed by atoms with Crippen molar-refractivity contribution in [1.82, 2.24) is 50.6 Å². The molecule has 5 aromatic rings. The molecule has 3 aliphatic heterocycles. The van der Waals surface area contributed by atoms with Crippen LogP contribution in [0.25, 0.3) is 21.5 Å². The van der Waals surface area contributed by atoms with Crippen molar-refractivity contribution in [2.24, 2.45) is 11.1 Å². The molecule has 0 aliphatic carbocycles. The first-order valence-corrected chi connectivity index (χ1v) is 29.6. The van der Waals surface area contributed by atoms with E-state index in [-0.39, 0.29) is 61.0 Å². The van der Waals surface area contributed by atoms with Gasteiger partial charge in [-0.3, -0.25) is 28.9 Å². The summed E-state index contributed by atoms with van der Waals surface area (Å²) in [6.07, 6.45) is 11.5. The van der Waals surface area contributed by atoms with Crippen LogP contribution in [0.5, 0.6) is 0 Å². The van der Waals surface area contributed by atoms with Crippen LogP contribution < -0.4 is 26.6 Å². The Balaban J connectivity index is 0.695. The van der Waals surface area contributed by atoms with E-state index in [1.54, 1.807) is 17.7 Å². The molecule has 3 aromatic heterocycles. The van der Waals surface area contributed by atoms with Gasteiger partial charge in [0.2, 0.25) is 29.5 Å². The topological polar surface area (TPSA) is 235 Å². The lowest BCUT2D eigenvalue weighted by atomic mass is 9.85. The SMILES string of the molecule is Cc1ncsc1-c1ccc([C@H](C)NC(=O)[C@@H]2C[C@@H](O)CN2C(=O)C(NC(=O)CCCCCCCCCC(=O)N2CCN(CC[C@H](NC(=O)C3(N)CCN(c4ncnc5[nH]ccc45)CC3)c3ccc(Cl)cc3)CC2)C(C)(C)C)cc1. The summed E-state index contributed by atoms with van der Waals surface area (Å²) in [7, 11) is 0. The van der Waals surface area contributed by atoms with Crippen molar-refractivity contribution in [1.29, 1.82) is 0 Å². The number of nitrogens with zero attached hydrogens (tertiary/aromatic N) is 7. The number of aryl methyl sites for hydroxylation is 1. The lowest BCUT2D eigenvalue weighted by Crippen LogP contribution is -2.60. The first-order chi connectivity index (χ1) is 37.9. The van der Waals surface area contributed by atoms with E-state index in [4.69, 9.17) is 17.3 Å². The fraction of sp³-hybridized carbons (Fsp3) is 0.559. The number of piperidine rings is 1. The number of amides is 5. The molecule has 5 amide bonds. The first kappa shape index (κ1) is 59.1. The molecule has 1 unspecified atom stereocenters. The van der Waals surface area contributed by atoms with E-state index in [1.165, 1.54) is 4.90 Å². The summed E-state index contributed by atoms with van der Waals surface area (Å²) in [5.41, 5.74) is 11.7. The Hall–Kier alpha value is -5.99.